The van der Waals surface area contributed by atoms with E-state index in [4.69, 9.17) is 20.7 Å². The molecule has 1 amide bonds. The van der Waals surface area contributed by atoms with Crippen LogP contribution in [0.1, 0.15) is 37.0 Å². The Labute approximate surface area is 241 Å². The molecule has 6 N–H and O–H groups in total. The third-order valence-corrected chi connectivity index (χ3v) is 8.03. The zero-order valence-electron chi connectivity index (χ0n) is 22.8. The van der Waals surface area contributed by atoms with Crippen LogP contribution in [-0.2, 0) is 25.0 Å². The standard InChI is InChI=1S/C25H23N3O10S2.C2H6/c1-28(12-4-7-19(29)30)25(31)14-6-3-2-5-13(14)20-15-8-10-17(26)23(39(32,33)34)21(15)38-22-16(20)9-11-18(27)24(22)40(35,36)37;1-2/h2-3,5-6,8-11,26H,4,7,12,27H2,1H3,(H,29,30)(H,32,33,34)(H,35,36,37);1-2H3. The number of fused-ring (bicyclic) bond motifs is 2. The number of anilines is 1. The predicted octanol–water partition coefficient (Wildman–Crippen LogP) is 3.72. The first-order chi connectivity index (χ1) is 19.6. The summed E-state index contributed by atoms with van der Waals surface area (Å²) in [7, 11) is -8.67. The minimum absolute atomic E-state index is 0.00374. The predicted molar refractivity (Wildman–Crippen MR) is 153 cm³/mol. The number of hydrogen-bond acceptors (Lipinski definition) is 9. The van der Waals surface area contributed by atoms with Crippen LogP contribution in [0, 0.1) is 5.41 Å². The van der Waals surface area contributed by atoms with Crippen molar-refractivity contribution in [1.29, 1.82) is 5.41 Å². The summed E-state index contributed by atoms with van der Waals surface area (Å²) in [4.78, 5) is 23.8. The second-order valence-electron chi connectivity index (χ2n) is 8.88. The molecule has 4 rings (SSSR count). The molecule has 0 fully saturated rings. The van der Waals surface area contributed by atoms with Gasteiger partial charge in [0.15, 0.2) is 21.1 Å². The molecular formula is C27H29N3O10S2. The Morgan fingerprint density at radius 3 is 2.14 bits per heavy atom. The first-order valence-electron chi connectivity index (χ1n) is 12.5. The van der Waals surface area contributed by atoms with Crippen molar-refractivity contribution in [2.24, 2.45) is 0 Å². The van der Waals surface area contributed by atoms with Crippen LogP contribution >= 0.6 is 0 Å². The average molecular weight is 620 g/mol. The van der Waals surface area contributed by atoms with Crippen LogP contribution in [-0.4, -0.2) is 61.4 Å². The zero-order valence-corrected chi connectivity index (χ0v) is 24.4. The highest BCUT2D eigenvalue weighted by atomic mass is 32.2. The monoisotopic (exact) mass is 619 g/mol. The molecule has 1 aliphatic heterocycles. The van der Waals surface area contributed by atoms with Gasteiger partial charge in [-0.05, 0) is 42.3 Å². The van der Waals surface area contributed by atoms with E-state index in [0.717, 1.165) is 6.07 Å². The van der Waals surface area contributed by atoms with Gasteiger partial charge in [-0.25, -0.2) is 0 Å². The molecule has 15 heteroatoms. The molecule has 0 saturated heterocycles. The van der Waals surface area contributed by atoms with Gasteiger partial charge < -0.3 is 20.2 Å². The fraction of sp³-hybridized carbons (Fsp3) is 0.222. The number of benzene rings is 3. The van der Waals surface area contributed by atoms with Crippen molar-refractivity contribution >= 4 is 48.8 Å². The van der Waals surface area contributed by atoms with Gasteiger partial charge in [-0.3, -0.25) is 24.1 Å². The number of nitrogens with two attached hydrogens (primary N) is 1. The molecule has 2 aliphatic rings. The maximum atomic E-state index is 13.5. The van der Waals surface area contributed by atoms with Gasteiger partial charge in [0, 0.05) is 42.1 Å². The minimum atomic E-state index is -5.09. The van der Waals surface area contributed by atoms with Crippen LogP contribution in [0.5, 0.6) is 0 Å². The largest absolute Gasteiger partial charge is 0.481 e. The molecule has 1 aliphatic carbocycles. The van der Waals surface area contributed by atoms with Gasteiger partial charge >= 0.3 is 5.97 Å². The molecule has 0 atom stereocenters. The molecule has 13 nitrogen and oxygen atoms in total. The van der Waals surface area contributed by atoms with Gasteiger partial charge in [-0.15, -0.1) is 0 Å². The number of hydrogen-bond donors (Lipinski definition) is 5. The van der Waals surface area contributed by atoms with Crippen LogP contribution in [0.25, 0.3) is 33.4 Å². The van der Waals surface area contributed by atoms with Crippen molar-refractivity contribution in [1.82, 2.24) is 4.90 Å². The molecule has 42 heavy (non-hydrogen) atoms. The number of carbonyl (C=O) groups is 2. The highest BCUT2D eigenvalue weighted by Crippen LogP contribution is 2.45. The second kappa shape index (κ2) is 12.3. The summed E-state index contributed by atoms with van der Waals surface area (Å²) in [5.74, 6) is -2.16. The van der Waals surface area contributed by atoms with Crippen LogP contribution in [0.2, 0.25) is 0 Å². The number of carboxylic acids is 1. The SMILES string of the molecule is CC.CN(CCCC(=O)O)C(=O)c1ccccc1-c1c2ccc(=N)c(S(=O)(=O)O)c-2oc2c(S(=O)(=O)O)c(N)ccc12. The van der Waals surface area contributed by atoms with Gasteiger partial charge in [-0.1, -0.05) is 32.0 Å². The van der Waals surface area contributed by atoms with E-state index < -0.39 is 64.3 Å². The zero-order chi connectivity index (χ0) is 31.6. The first-order valence-corrected chi connectivity index (χ1v) is 15.4. The Balaban J connectivity index is 0.00000237. The molecule has 0 spiro atoms. The third kappa shape index (κ3) is 6.28. The summed E-state index contributed by atoms with van der Waals surface area (Å²) in [5, 5.41) is 16.3. The fourth-order valence-electron chi connectivity index (χ4n) is 4.46. The average Bonchev–Trinajstić information content (AvgIpc) is 2.90. The summed E-state index contributed by atoms with van der Waals surface area (Å²) in [6.45, 7) is 4.10. The molecule has 224 valence electrons. The number of nitrogens with zero attached hydrogens (tertiary/aromatic N) is 1. The van der Waals surface area contributed by atoms with E-state index >= 15 is 0 Å². The Morgan fingerprint density at radius 1 is 0.929 bits per heavy atom. The normalized spacial score (nSPS) is 11.6. The quantitative estimate of drug-likeness (QED) is 0.108. The van der Waals surface area contributed by atoms with Crippen molar-refractivity contribution in [2.45, 2.75) is 36.5 Å². The second-order valence-corrected chi connectivity index (χ2v) is 11.6. The number of nitrogens with one attached hydrogen (secondary N) is 1. The van der Waals surface area contributed by atoms with Gasteiger partial charge in [0.2, 0.25) is 0 Å². The number of nitrogen functional groups attached to an aromatic ring is 1. The number of amides is 1. The maximum absolute atomic E-state index is 13.5. The number of carboxylic acid groups (broad SMARTS) is 1. The smallest absolute Gasteiger partial charge is 0.303 e. The summed E-state index contributed by atoms with van der Waals surface area (Å²) in [5.41, 5.74) is 5.20. The minimum Gasteiger partial charge on any atom is -0.481 e. The Morgan fingerprint density at radius 2 is 1.55 bits per heavy atom. The van der Waals surface area contributed by atoms with Crippen LogP contribution in [0.15, 0.2) is 62.7 Å². The molecular weight excluding hydrogens is 590 g/mol. The van der Waals surface area contributed by atoms with Gasteiger partial charge in [-0.2, -0.15) is 16.8 Å². The summed E-state index contributed by atoms with van der Waals surface area (Å²) >= 11 is 0. The molecule has 2 aromatic carbocycles. The van der Waals surface area contributed by atoms with Crippen molar-refractivity contribution < 1.29 is 45.1 Å². The lowest BCUT2D eigenvalue weighted by atomic mass is 9.90. The van der Waals surface area contributed by atoms with Crippen molar-refractivity contribution in [3.63, 3.8) is 0 Å². The Hall–Kier alpha value is -4.31. The summed E-state index contributed by atoms with van der Waals surface area (Å²) < 4.78 is 74.8. The number of rotatable bonds is 8. The molecule has 1 heterocycles. The Kier molecular flexibility index (Phi) is 9.42. The van der Waals surface area contributed by atoms with Crippen molar-refractivity contribution in [3.05, 3.63) is 59.5 Å². The molecule has 0 unspecified atom stereocenters. The number of aliphatic carboxylic acids is 1. The van der Waals surface area contributed by atoms with Gasteiger partial charge in [0.05, 0.1) is 11.0 Å². The van der Waals surface area contributed by atoms with E-state index in [0.29, 0.717) is 0 Å². The third-order valence-electron chi connectivity index (χ3n) is 6.17. The molecule has 0 aromatic heterocycles. The van der Waals surface area contributed by atoms with Gasteiger partial charge in [0.1, 0.15) is 0 Å². The lowest BCUT2D eigenvalue weighted by Gasteiger charge is -2.22. The van der Waals surface area contributed by atoms with E-state index in [2.05, 4.69) is 0 Å². The molecule has 2 aromatic rings. The van der Waals surface area contributed by atoms with Crippen LogP contribution < -0.4 is 11.1 Å². The molecule has 0 bridgehead atoms. The Bertz CT molecular complexity index is 1930. The highest BCUT2D eigenvalue weighted by molar-refractivity contribution is 7.86. The van der Waals surface area contributed by atoms with Gasteiger partial charge in [0.25, 0.3) is 26.1 Å². The van der Waals surface area contributed by atoms with E-state index in [1.165, 1.54) is 42.3 Å². The molecule has 0 radical (unpaired) electrons. The van der Waals surface area contributed by atoms with E-state index in [1.807, 2.05) is 13.8 Å². The fourth-order valence-corrected chi connectivity index (χ4v) is 5.94. The summed E-state index contributed by atoms with van der Waals surface area (Å²) in [6, 6.07) is 11.0. The number of carbonyl (C=O) groups excluding carboxylic acids is 1. The summed E-state index contributed by atoms with van der Waals surface area (Å²) in [6.07, 6.45) is 0.0131. The van der Waals surface area contributed by atoms with E-state index in [-0.39, 0.29) is 47.0 Å². The highest BCUT2D eigenvalue weighted by Gasteiger charge is 2.31. The lowest BCUT2D eigenvalue weighted by Crippen LogP contribution is -2.28. The molecule has 0 saturated carbocycles. The maximum Gasteiger partial charge on any atom is 0.303 e. The van der Waals surface area contributed by atoms with Crippen molar-refractivity contribution in [3.8, 4) is 22.5 Å². The van der Waals surface area contributed by atoms with E-state index in [1.54, 1.807) is 12.1 Å². The lowest BCUT2D eigenvalue weighted by molar-refractivity contribution is -0.137. The van der Waals surface area contributed by atoms with Crippen LogP contribution in [0.4, 0.5) is 5.69 Å². The van der Waals surface area contributed by atoms with Crippen LogP contribution in [0.3, 0.4) is 0 Å². The van der Waals surface area contributed by atoms with E-state index in [9.17, 15) is 35.5 Å². The van der Waals surface area contributed by atoms with Crippen molar-refractivity contribution in [2.75, 3.05) is 19.3 Å². The first kappa shape index (κ1) is 32.2. The topological polar surface area (TPSA) is 229 Å².